The van der Waals surface area contributed by atoms with Crippen LogP contribution in [0, 0.1) is 0 Å². The average Bonchev–Trinajstić information content (AvgIpc) is 2.76. The zero-order chi connectivity index (χ0) is 11.4. The summed E-state index contributed by atoms with van der Waals surface area (Å²) in [6.07, 6.45) is 0. The molecule has 1 heterocycles. The van der Waals surface area contributed by atoms with Crippen molar-refractivity contribution in [1.29, 1.82) is 0 Å². The van der Waals surface area contributed by atoms with Gasteiger partial charge in [0.2, 0.25) is 0 Å². The van der Waals surface area contributed by atoms with Crippen LogP contribution in [0.3, 0.4) is 0 Å². The van der Waals surface area contributed by atoms with Gasteiger partial charge >= 0.3 is 5.97 Å². The Balaban J connectivity index is 2.11. The number of hydrogen-bond acceptors (Lipinski definition) is 4. The summed E-state index contributed by atoms with van der Waals surface area (Å²) in [6, 6.07) is 9.94. The molecule has 0 bridgehead atoms. The Labute approximate surface area is 97.7 Å². The van der Waals surface area contributed by atoms with Gasteiger partial charge < -0.3 is 4.74 Å². The highest BCUT2D eigenvalue weighted by molar-refractivity contribution is 7.13. The monoisotopic (exact) mass is 233 g/mol. The number of hydrogen-bond donors (Lipinski definition) is 0. The van der Waals surface area contributed by atoms with Gasteiger partial charge in [-0.2, -0.15) is 0 Å². The van der Waals surface area contributed by atoms with Gasteiger partial charge in [-0.3, -0.25) is 4.79 Å². The molecule has 0 saturated heterocycles. The Morgan fingerprint density at radius 1 is 1.38 bits per heavy atom. The third-order valence-electron chi connectivity index (χ3n) is 2.00. The number of ether oxygens (including phenoxy) is 1. The van der Waals surface area contributed by atoms with E-state index in [2.05, 4.69) is 4.98 Å². The van der Waals surface area contributed by atoms with Gasteiger partial charge in [-0.05, 0) is 0 Å². The number of thiazole rings is 1. The van der Waals surface area contributed by atoms with E-state index in [1.54, 1.807) is 11.3 Å². The van der Waals surface area contributed by atoms with Crippen molar-refractivity contribution in [2.45, 2.75) is 13.5 Å². The number of rotatable bonds is 3. The summed E-state index contributed by atoms with van der Waals surface area (Å²) in [7, 11) is 0. The van der Waals surface area contributed by atoms with E-state index >= 15 is 0 Å². The fourth-order valence-corrected chi connectivity index (χ4v) is 2.07. The van der Waals surface area contributed by atoms with Crippen LogP contribution in [0.15, 0.2) is 35.7 Å². The number of carbonyl (C=O) groups excluding carboxylic acids is 1. The first-order valence-corrected chi connectivity index (χ1v) is 5.77. The fourth-order valence-electron chi connectivity index (χ4n) is 1.26. The molecule has 0 N–H and O–H groups in total. The van der Waals surface area contributed by atoms with Crippen molar-refractivity contribution in [2.24, 2.45) is 0 Å². The maximum absolute atomic E-state index is 10.6. The van der Waals surface area contributed by atoms with Crippen molar-refractivity contribution < 1.29 is 9.53 Å². The molecule has 2 aromatic rings. The van der Waals surface area contributed by atoms with Gasteiger partial charge in [0.15, 0.2) is 0 Å². The minimum Gasteiger partial charge on any atom is -0.459 e. The number of benzene rings is 1. The second kappa shape index (κ2) is 4.90. The van der Waals surface area contributed by atoms with Crippen molar-refractivity contribution >= 4 is 17.3 Å². The third kappa shape index (κ3) is 2.67. The molecule has 0 atom stereocenters. The van der Waals surface area contributed by atoms with Crippen molar-refractivity contribution in [3.05, 3.63) is 41.4 Å². The predicted molar refractivity (Wildman–Crippen MR) is 63.0 cm³/mol. The summed E-state index contributed by atoms with van der Waals surface area (Å²) >= 11 is 1.55. The second-order valence-electron chi connectivity index (χ2n) is 3.29. The highest BCUT2D eigenvalue weighted by Crippen LogP contribution is 2.23. The van der Waals surface area contributed by atoms with Gasteiger partial charge in [-0.1, -0.05) is 30.3 Å². The molecule has 0 unspecified atom stereocenters. The first-order chi connectivity index (χ1) is 7.75. The van der Waals surface area contributed by atoms with E-state index in [4.69, 9.17) is 4.74 Å². The molecular weight excluding hydrogens is 222 g/mol. The van der Waals surface area contributed by atoms with Crippen LogP contribution in [0.4, 0.5) is 0 Å². The zero-order valence-electron chi connectivity index (χ0n) is 8.84. The van der Waals surface area contributed by atoms with E-state index in [1.807, 2.05) is 35.7 Å². The largest absolute Gasteiger partial charge is 0.459 e. The van der Waals surface area contributed by atoms with E-state index in [0.29, 0.717) is 0 Å². The molecule has 0 amide bonds. The molecule has 1 aromatic heterocycles. The van der Waals surface area contributed by atoms with Gasteiger partial charge in [-0.25, -0.2) is 4.98 Å². The molecule has 0 saturated carbocycles. The molecule has 3 nitrogen and oxygen atoms in total. The van der Waals surface area contributed by atoms with Crippen LogP contribution in [-0.4, -0.2) is 11.0 Å². The van der Waals surface area contributed by atoms with Crippen LogP contribution >= 0.6 is 11.3 Å². The summed E-state index contributed by atoms with van der Waals surface area (Å²) in [6.45, 7) is 1.64. The normalized spacial score (nSPS) is 10.1. The Hall–Kier alpha value is -1.68. The lowest BCUT2D eigenvalue weighted by Gasteiger charge is -1.97. The summed E-state index contributed by atoms with van der Waals surface area (Å²) in [4.78, 5) is 15.0. The van der Waals surface area contributed by atoms with E-state index in [-0.39, 0.29) is 12.6 Å². The molecule has 4 heteroatoms. The molecular formula is C12H11NO2S. The second-order valence-corrected chi connectivity index (χ2v) is 4.15. The first-order valence-electron chi connectivity index (χ1n) is 4.89. The van der Waals surface area contributed by atoms with Crippen molar-refractivity contribution in [2.75, 3.05) is 0 Å². The quantitative estimate of drug-likeness (QED) is 0.765. The minimum absolute atomic E-state index is 0.249. The smallest absolute Gasteiger partial charge is 0.303 e. The summed E-state index contributed by atoms with van der Waals surface area (Å²) in [5.74, 6) is -0.283. The van der Waals surface area contributed by atoms with Crippen LogP contribution in [0.2, 0.25) is 0 Å². The van der Waals surface area contributed by atoms with Gasteiger partial charge in [0.1, 0.15) is 11.6 Å². The van der Waals surface area contributed by atoms with Gasteiger partial charge in [0.25, 0.3) is 0 Å². The highest BCUT2D eigenvalue weighted by atomic mass is 32.1. The van der Waals surface area contributed by atoms with Crippen molar-refractivity contribution in [3.63, 3.8) is 0 Å². The maximum atomic E-state index is 10.6. The molecule has 0 aliphatic rings. The number of nitrogens with zero attached hydrogens (tertiary/aromatic N) is 1. The summed E-state index contributed by atoms with van der Waals surface area (Å²) < 4.78 is 4.88. The first kappa shape index (κ1) is 10.8. The highest BCUT2D eigenvalue weighted by Gasteiger charge is 2.05. The van der Waals surface area contributed by atoms with Crippen LogP contribution < -0.4 is 0 Å². The lowest BCUT2D eigenvalue weighted by molar-refractivity contribution is -0.142. The van der Waals surface area contributed by atoms with Crippen molar-refractivity contribution in [3.8, 4) is 10.6 Å². The Bertz CT molecular complexity index is 479. The number of aromatic nitrogens is 1. The Morgan fingerprint density at radius 2 is 2.12 bits per heavy atom. The summed E-state index contributed by atoms with van der Waals surface area (Å²) in [5, 5.41) is 2.86. The molecule has 82 valence electrons. The third-order valence-corrected chi connectivity index (χ3v) is 2.94. The predicted octanol–water partition coefficient (Wildman–Crippen LogP) is 2.87. The van der Waals surface area contributed by atoms with Crippen LogP contribution in [0.25, 0.3) is 10.6 Å². The average molecular weight is 233 g/mol. The Kier molecular flexibility index (Phi) is 3.31. The molecule has 0 aliphatic carbocycles. The lowest BCUT2D eigenvalue weighted by atomic mass is 10.2. The molecule has 0 aliphatic heterocycles. The number of esters is 1. The standard InChI is InChI=1S/C12H11NO2S/c1-9(14)15-7-11-8-16-12(13-11)10-5-3-2-4-6-10/h2-6,8H,7H2,1H3. The molecule has 0 fully saturated rings. The van der Waals surface area contributed by atoms with Gasteiger partial charge in [0, 0.05) is 17.9 Å². The van der Waals surface area contributed by atoms with E-state index < -0.39 is 0 Å². The van der Waals surface area contributed by atoms with Gasteiger partial charge in [-0.15, -0.1) is 11.3 Å². The SMILES string of the molecule is CC(=O)OCc1csc(-c2ccccc2)n1. The molecule has 2 rings (SSSR count). The van der Waals surface area contributed by atoms with E-state index in [0.717, 1.165) is 16.3 Å². The molecule has 0 spiro atoms. The van der Waals surface area contributed by atoms with Crippen LogP contribution in [0.1, 0.15) is 12.6 Å². The van der Waals surface area contributed by atoms with Gasteiger partial charge in [0.05, 0.1) is 5.69 Å². The lowest BCUT2D eigenvalue weighted by Crippen LogP contribution is -1.98. The minimum atomic E-state index is -0.283. The van der Waals surface area contributed by atoms with E-state index in [1.165, 1.54) is 6.92 Å². The van der Waals surface area contributed by atoms with Crippen molar-refractivity contribution in [1.82, 2.24) is 4.98 Å². The number of carbonyl (C=O) groups is 1. The molecule has 16 heavy (non-hydrogen) atoms. The van der Waals surface area contributed by atoms with Crippen LogP contribution in [0.5, 0.6) is 0 Å². The fraction of sp³-hybridized carbons (Fsp3) is 0.167. The zero-order valence-corrected chi connectivity index (χ0v) is 9.66. The Morgan fingerprint density at radius 3 is 2.81 bits per heavy atom. The summed E-state index contributed by atoms with van der Waals surface area (Å²) in [5.41, 5.74) is 1.88. The van der Waals surface area contributed by atoms with E-state index in [9.17, 15) is 4.79 Å². The molecule has 1 aromatic carbocycles. The molecule has 0 radical (unpaired) electrons. The maximum Gasteiger partial charge on any atom is 0.303 e. The topological polar surface area (TPSA) is 39.2 Å². The van der Waals surface area contributed by atoms with Crippen LogP contribution in [-0.2, 0) is 16.1 Å².